The minimum absolute atomic E-state index is 0.0619. The summed E-state index contributed by atoms with van der Waals surface area (Å²) in [5.41, 5.74) is 0. The molecule has 0 aromatic carbocycles. The summed E-state index contributed by atoms with van der Waals surface area (Å²) in [6, 6.07) is 0. The van der Waals surface area contributed by atoms with Gasteiger partial charge in [0, 0.05) is 13.6 Å². The van der Waals surface area contributed by atoms with E-state index in [2.05, 4.69) is 9.44 Å². The van der Waals surface area contributed by atoms with Crippen molar-refractivity contribution in [1.29, 1.82) is 0 Å². The largest absolute Gasteiger partial charge is 0.393 e. The molecule has 2 atom stereocenters. The average Bonchev–Trinajstić information content (AvgIpc) is 2.17. The molecule has 1 fully saturated rings. The second-order valence-corrected chi connectivity index (χ2v) is 5.37. The van der Waals surface area contributed by atoms with Gasteiger partial charge in [-0.1, -0.05) is 12.8 Å². The molecule has 0 spiro atoms. The monoisotopic (exact) mass is 222 g/mol. The minimum atomic E-state index is -3.35. The van der Waals surface area contributed by atoms with Gasteiger partial charge in [0.2, 0.25) is 0 Å². The van der Waals surface area contributed by atoms with Crippen molar-refractivity contribution in [1.82, 2.24) is 9.44 Å². The van der Waals surface area contributed by atoms with E-state index in [4.69, 9.17) is 0 Å². The smallest absolute Gasteiger partial charge is 0.276 e. The molecule has 1 aliphatic rings. The Balaban J connectivity index is 2.36. The highest BCUT2D eigenvalue weighted by atomic mass is 32.2. The first-order chi connectivity index (χ1) is 6.55. The second-order valence-electron chi connectivity index (χ2n) is 3.67. The van der Waals surface area contributed by atoms with Crippen LogP contribution >= 0.6 is 0 Å². The molecule has 1 saturated carbocycles. The number of aliphatic hydroxyl groups excluding tert-OH is 1. The first-order valence-electron chi connectivity index (χ1n) is 4.91. The van der Waals surface area contributed by atoms with Gasteiger partial charge in [0.05, 0.1) is 6.10 Å². The lowest BCUT2D eigenvalue weighted by molar-refractivity contribution is 0.0724. The summed E-state index contributed by atoms with van der Waals surface area (Å²) in [5, 5.41) is 9.58. The molecule has 0 saturated heterocycles. The average molecular weight is 222 g/mol. The van der Waals surface area contributed by atoms with Gasteiger partial charge in [0.15, 0.2) is 0 Å². The highest BCUT2D eigenvalue weighted by Crippen LogP contribution is 2.23. The first-order valence-corrected chi connectivity index (χ1v) is 6.39. The molecule has 0 radical (unpaired) electrons. The molecule has 1 rings (SSSR count). The van der Waals surface area contributed by atoms with E-state index in [1.807, 2.05) is 0 Å². The van der Waals surface area contributed by atoms with Crippen molar-refractivity contribution >= 4 is 10.2 Å². The van der Waals surface area contributed by atoms with E-state index in [0.717, 1.165) is 25.7 Å². The van der Waals surface area contributed by atoms with E-state index in [9.17, 15) is 13.5 Å². The Labute approximate surface area is 85.1 Å². The third-order valence-electron chi connectivity index (χ3n) is 2.67. The maximum absolute atomic E-state index is 11.0. The van der Waals surface area contributed by atoms with Gasteiger partial charge in [0.25, 0.3) is 10.2 Å². The lowest BCUT2D eigenvalue weighted by Crippen LogP contribution is -2.40. The van der Waals surface area contributed by atoms with Gasteiger partial charge in [-0.3, -0.25) is 0 Å². The summed E-state index contributed by atoms with van der Waals surface area (Å²) in [7, 11) is -1.99. The van der Waals surface area contributed by atoms with E-state index < -0.39 is 10.2 Å². The summed E-state index contributed by atoms with van der Waals surface area (Å²) in [6.07, 6.45) is 3.43. The minimum Gasteiger partial charge on any atom is -0.393 e. The highest BCUT2D eigenvalue weighted by molar-refractivity contribution is 7.87. The van der Waals surface area contributed by atoms with Crippen LogP contribution in [-0.4, -0.2) is 33.2 Å². The van der Waals surface area contributed by atoms with Crippen molar-refractivity contribution in [2.75, 3.05) is 13.6 Å². The molecule has 0 aliphatic heterocycles. The number of aliphatic hydroxyl groups is 1. The lowest BCUT2D eigenvalue weighted by atomic mass is 9.87. The topological polar surface area (TPSA) is 78.4 Å². The van der Waals surface area contributed by atoms with Crippen molar-refractivity contribution in [2.45, 2.75) is 31.8 Å². The Morgan fingerprint density at radius 3 is 2.57 bits per heavy atom. The second kappa shape index (κ2) is 5.06. The van der Waals surface area contributed by atoms with Crippen molar-refractivity contribution < 1.29 is 13.5 Å². The molecular weight excluding hydrogens is 204 g/mol. The fourth-order valence-electron chi connectivity index (χ4n) is 1.72. The van der Waals surface area contributed by atoms with Crippen molar-refractivity contribution in [3.05, 3.63) is 0 Å². The molecule has 1 aliphatic carbocycles. The van der Waals surface area contributed by atoms with Crippen LogP contribution in [0, 0.1) is 5.92 Å². The maximum Gasteiger partial charge on any atom is 0.276 e. The van der Waals surface area contributed by atoms with Crippen LogP contribution in [0.3, 0.4) is 0 Å². The first kappa shape index (κ1) is 11.9. The van der Waals surface area contributed by atoms with Gasteiger partial charge in [-0.2, -0.15) is 8.42 Å². The summed E-state index contributed by atoms with van der Waals surface area (Å²) in [4.78, 5) is 0. The molecule has 2 unspecified atom stereocenters. The SMILES string of the molecule is CNS(=O)(=O)NCC1CCCCC1O. The van der Waals surface area contributed by atoms with E-state index in [1.54, 1.807) is 0 Å². The van der Waals surface area contributed by atoms with E-state index >= 15 is 0 Å². The van der Waals surface area contributed by atoms with Gasteiger partial charge in [-0.25, -0.2) is 9.44 Å². The van der Waals surface area contributed by atoms with E-state index in [0.29, 0.717) is 6.54 Å². The predicted octanol–water partition coefficient (Wildman–Crippen LogP) is -0.409. The molecule has 84 valence electrons. The molecule has 0 aromatic heterocycles. The molecule has 5 nitrogen and oxygen atoms in total. The Kier molecular flexibility index (Phi) is 4.31. The van der Waals surface area contributed by atoms with Gasteiger partial charge in [0.1, 0.15) is 0 Å². The lowest BCUT2D eigenvalue weighted by Gasteiger charge is -2.27. The number of nitrogens with one attached hydrogen (secondary N) is 2. The maximum atomic E-state index is 11.0. The highest BCUT2D eigenvalue weighted by Gasteiger charge is 2.23. The van der Waals surface area contributed by atoms with Crippen LogP contribution < -0.4 is 9.44 Å². The molecule has 0 bridgehead atoms. The molecule has 3 N–H and O–H groups in total. The van der Waals surface area contributed by atoms with Crippen LogP contribution in [0.25, 0.3) is 0 Å². The summed E-state index contributed by atoms with van der Waals surface area (Å²) < 4.78 is 26.7. The van der Waals surface area contributed by atoms with Crippen molar-refractivity contribution in [3.8, 4) is 0 Å². The van der Waals surface area contributed by atoms with Gasteiger partial charge >= 0.3 is 0 Å². The van der Waals surface area contributed by atoms with Crippen molar-refractivity contribution in [3.63, 3.8) is 0 Å². The van der Waals surface area contributed by atoms with Crippen LogP contribution in [0.5, 0.6) is 0 Å². The Morgan fingerprint density at radius 2 is 2.00 bits per heavy atom. The van der Waals surface area contributed by atoms with E-state index in [-0.39, 0.29) is 12.0 Å². The third kappa shape index (κ3) is 3.53. The van der Waals surface area contributed by atoms with Gasteiger partial charge in [-0.15, -0.1) is 0 Å². The number of hydrogen-bond acceptors (Lipinski definition) is 3. The molecule has 14 heavy (non-hydrogen) atoms. The summed E-state index contributed by atoms with van der Waals surface area (Å²) in [6.45, 7) is 0.324. The zero-order chi connectivity index (χ0) is 10.6. The zero-order valence-electron chi connectivity index (χ0n) is 8.36. The Morgan fingerprint density at radius 1 is 1.36 bits per heavy atom. The fourth-order valence-corrected chi connectivity index (χ4v) is 2.29. The predicted molar refractivity (Wildman–Crippen MR) is 53.9 cm³/mol. The summed E-state index contributed by atoms with van der Waals surface area (Å²) in [5.74, 6) is 0.0619. The Bertz CT molecular complexity index is 266. The number of hydrogen-bond donors (Lipinski definition) is 3. The third-order valence-corrected chi connectivity index (χ3v) is 3.76. The number of rotatable bonds is 4. The quantitative estimate of drug-likeness (QED) is 0.605. The van der Waals surface area contributed by atoms with Gasteiger partial charge < -0.3 is 5.11 Å². The molecule has 0 aromatic rings. The standard InChI is InChI=1S/C8H18N2O3S/c1-9-14(12,13)10-6-7-4-2-3-5-8(7)11/h7-11H,2-6H2,1H3. The normalized spacial score (nSPS) is 29.0. The van der Waals surface area contributed by atoms with Crippen molar-refractivity contribution in [2.24, 2.45) is 5.92 Å². The fraction of sp³-hybridized carbons (Fsp3) is 1.00. The zero-order valence-corrected chi connectivity index (χ0v) is 9.18. The molecule has 6 heteroatoms. The Hall–Kier alpha value is -0.170. The van der Waals surface area contributed by atoms with Crippen LogP contribution in [0.4, 0.5) is 0 Å². The summed E-state index contributed by atoms with van der Waals surface area (Å²) >= 11 is 0. The molecular formula is C8H18N2O3S. The van der Waals surface area contributed by atoms with Crippen LogP contribution in [-0.2, 0) is 10.2 Å². The van der Waals surface area contributed by atoms with Gasteiger partial charge in [-0.05, 0) is 18.8 Å². The van der Waals surface area contributed by atoms with E-state index in [1.165, 1.54) is 7.05 Å². The van der Waals surface area contributed by atoms with Crippen LogP contribution in [0.2, 0.25) is 0 Å². The van der Waals surface area contributed by atoms with Crippen LogP contribution in [0.15, 0.2) is 0 Å². The molecule has 0 heterocycles. The molecule has 0 amide bonds. The van der Waals surface area contributed by atoms with Crippen LogP contribution in [0.1, 0.15) is 25.7 Å².